The average molecular weight is 463 g/mol. The molecule has 1 aliphatic heterocycles. The number of amides is 1. The third kappa shape index (κ3) is 4.18. The molecule has 1 fully saturated rings. The minimum absolute atomic E-state index is 0.00433. The summed E-state index contributed by atoms with van der Waals surface area (Å²) in [4.78, 5) is 12.8. The molecule has 0 radical (unpaired) electrons. The summed E-state index contributed by atoms with van der Waals surface area (Å²) in [6.07, 6.45) is 0.877. The maximum atomic E-state index is 13.0. The Balaban J connectivity index is 1.45. The molecule has 1 aliphatic rings. The summed E-state index contributed by atoms with van der Waals surface area (Å²) in [5, 5.41) is 5.48. The van der Waals surface area contributed by atoms with Gasteiger partial charge in [-0.05, 0) is 42.5 Å². The normalized spacial score (nSPS) is 15.9. The third-order valence-corrected chi connectivity index (χ3v) is 8.00. The summed E-state index contributed by atoms with van der Waals surface area (Å²) >= 11 is 12.0. The maximum Gasteiger partial charge on any atom is 0.244 e. The largest absolute Gasteiger partial charge is 0.325 e. The number of carbonyl (C=O) groups is 1. The number of piperidine rings is 1. The molecular formula is C22H20Cl2N2O3S. The molecule has 0 bridgehead atoms. The minimum atomic E-state index is -3.77. The first-order valence-electron chi connectivity index (χ1n) is 9.60. The number of hydrogen-bond acceptors (Lipinski definition) is 3. The molecule has 8 heteroatoms. The molecule has 4 rings (SSSR count). The van der Waals surface area contributed by atoms with Gasteiger partial charge in [0.2, 0.25) is 15.9 Å². The number of nitrogens with one attached hydrogen (secondary N) is 1. The Bertz CT molecular complexity index is 1200. The zero-order chi connectivity index (χ0) is 21.3. The van der Waals surface area contributed by atoms with Crippen LogP contribution in [0.15, 0.2) is 65.6 Å². The van der Waals surface area contributed by atoms with Crippen LogP contribution in [0.5, 0.6) is 0 Å². The highest BCUT2D eigenvalue weighted by atomic mass is 35.5. The van der Waals surface area contributed by atoms with Crippen LogP contribution in [0.4, 0.5) is 5.69 Å². The number of benzene rings is 3. The van der Waals surface area contributed by atoms with E-state index in [0.717, 1.165) is 16.5 Å². The molecule has 3 aromatic rings. The smallest absolute Gasteiger partial charge is 0.244 e. The van der Waals surface area contributed by atoms with E-state index in [-0.39, 0.29) is 34.8 Å². The summed E-state index contributed by atoms with van der Waals surface area (Å²) in [7, 11) is -3.77. The van der Waals surface area contributed by atoms with Gasteiger partial charge in [-0.1, -0.05) is 59.6 Å². The first-order valence-corrected chi connectivity index (χ1v) is 11.8. The standard InChI is InChI=1S/C22H20Cl2N2O3S/c23-17-8-9-19(24)21(14-17)30(28,29)26-12-10-16(11-13-26)22(27)25-20-7-3-5-15-4-1-2-6-18(15)20/h1-9,14,16H,10-13H2,(H,25,27). The van der Waals surface area contributed by atoms with Crippen molar-refractivity contribution in [3.63, 3.8) is 0 Å². The molecule has 5 nitrogen and oxygen atoms in total. The van der Waals surface area contributed by atoms with Crippen LogP contribution in [0.3, 0.4) is 0 Å². The lowest BCUT2D eigenvalue weighted by molar-refractivity contribution is -0.120. The van der Waals surface area contributed by atoms with E-state index in [1.807, 2.05) is 42.5 Å². The Labute approximate surface area is 185 Å². The summed E-state index contributed by atoms with van der Waals surface area (Å²) in [6, 6.07) is 18.0. The second kappa shape index (κ2) is 8.55. The predicted molar refractivity (Wildman–Crippen MR) is 121 cm³/mol. The second-order valence-corrected chi connectivity index (χ2v) is 10.0. The van der Waals surface area contributed by atoms with Gasteiger partial charge in [-0.3, -0.25) is 4.79 Å². The Morgan fingerprint density at radius 2 is 1.67 bits per heavy atom. The summed E-state index contributed by atoms with van der Waals surface area (Å²) in [6.45, 7) is 0.498. The summed E-state index contributed by atoms with van der Waals surface area (Å²) < 4.78 is 27.3. The van der Waals surface area contributed by atoms with Crippen molar-refractivity contribution < 1.29 is 13.2 Å². The van der Waals surface area contributed by atoms with Gasteiger partial charge in [0.1, 0.15) is 4.90 Å². The number of halogens is 2. The monoisotopic (exact) mass is 462 g/mol. The molecule has 0 saturated carbocycles. The van der Waals surface area contributed by atoms with Crippen LogP contribution in [-0.4, -0.2) is 31.7 Å². The van der Waals surface area contributed by atoms with Crippen molar-refractivity contribution >= 4 is 55.6 Å². The highest BCUT2D eigenvalue weighted by Crippen LogP contribution is 2.31. The molecular weight excluding hydrogens is 443 g/mol. The molecule has 1 heterocycles. The van der Waals surface area contributed by atoms with Gasteiger partial charge in [0, 0.05) is 35.1 Å². The molecule has 0 aliphatic carbocycles. The second-order valence-electron chi connectivity index (χ2n) is 7.27. The van der Waals surface area contributed by atoms with Gasteiger partial charge in [0.05, 0.1) is 5.02 Å². The first-order chi connectivity index (χ1) is 14.4. The molecule has 30 heavy (non-hydrogen) atoms. The number of carbonyl (C=O) groups excluding carboxylic acids is 1. The van der Waals surface area contributed by atoms with Crippen molar-refractivity contribution in [3.8, 4) is 0 Å². The van der Waals surface area contributed by atoms with Crippen LogP contribution >= 0.6 is 23.2 Å². The number of nitrogens with zero attached hydrogens (tertiary/aromatic N) is 1. The van der Waals surface area contributed by atoms with Crippen LogP contribution in [0.25, 0.3) is 10.8 Å². The van der Waals surface area contributed by atoms with Crippen molar-refractivity contribution in [2.75, 3.05) is 18.4 Å². The van der Waals surface area contributed by atoms with Crippen molar-refractivity contribution in [1.82, 2.24) is 4.31 Å². The quantitative estimate of drug-likeness (QED) is 0.580. The Hall–Kier alpha value is -2.12. The molecule has 1 saturated heterocycles. The van der Waals surface area contributed by atoms with Gasteiger partial charge in [-0.25, -0.2) is 8.42 Å². The fourth-order valence-corrected chi connectivity index (χ4v) is 5.95. The van der Waals surface area contributed by atoms with E-state index in [0.29, 0.717) is 17.9 Å². The molecule has 0 aromatic heterocycles. The highest BCUT2D eigenvalue weighted by Gasteiger charge is 2.33. The number of anilines is 1. The number of fused-ring (bicyclic) bond motifs is 1. The van der Waals surface area contributed by atoms with Gasteiger partial charge in [-0.15, -0.1) is 0 Å². The van der Waals surface area contributed by atoms with Crippen molar-refractivity contribution in [2.24, 2.45) is 5.92 Å². The minimum Gasteiger partial charge on any atom is -0.325 e. The topological polar surface area (TPSA) is 66.5 Å². The fourth-order valence-electron chi connectivity index (χ4n) is 3.74. The van der Waals surface area contributed by atoms with E-state index in [2.05, 4.69) is 5.32 Å². The molecule has 0 atom stereocenters. The van der Waals surface area contributed by atoms with Crippen molar-refractivity contribution in [3.05, 3.63) is 70.7 Å². The zero-order valence-corrected chi connectivity index (χ0v) is 18.3. The Morgan fingerprint density at radius 1 is 0.967 bits per heavy atom. The number of sulfonamides is 1. The van der Waals surface area contributed by atoms with E-state index in [4.69, 9.17) is 23.2 Å². The van der Waals surface area contributed by atoms with Gasteiger partial charge in [0.25, 0.3) is 0 Å². The van der Waals surface area contributed by atoms with Crippen molar-refractivity contribution in [2.45, 2.75) is 17.7 Å². The van der Waals surface area contributed by atoms with Gasteiger partial charge in [-0.2, -0.15) is 4.31 Å². The van der Waals surface area contributed by atoms with Gasteiger partial charge < -0.3 is 5.32 Å². The molecule has 0 spiro atoms. The van der Waals surface area contributed by atoms with Crippen LogP contribution in [0.1, 0.15) is 12.8 Å². The number of hydrogen-bond donors (Lipinski definition) is 1. The lowest BCUT2D eigenvalue weighted by atomic mass is 9.97. The maximum absolute atomic E-state index is 13.0. The van der Waals surface area contributed by atoms with E-state index in [9.17, 15) is 13.2 Å². The molecule has 3 aromatic carbocycles. The van der Waals surface area contributed by atoms with Crippen LogP contribution < -0.4 is 5.32 Å². The van der Waals surface area contributed by atoms with E-state index >= 15 is 0 Å². The van der Waals surface area contributed by atoms with Crippen LogP contribution in [0, 0.1) is 5.92 Å². The molecule has 1 N–H and O–H groups in total. The lowest BCUT2D eigenvalue weighted by Crippen LogP contribution is -2.41. The molecule has 156 valence electrons. The fraction of sp³-hybridized carbons (Fsp3) is 0.227. The van der Waals surface area contributed by atoms with Crippen LogP contribution in [-0.2, 0) is 14.8 Å². The van der Waals surface area contributed by atoms with Gasteiger partial charge >= 0.3 is 0 Å². The SMILES string of the molecule is O=C(Nc1cccc2ccccc12)C1CCN(S(=O)(=O)c2cc(Cl)ccc2Cl)CC1. The first kappa shape index (κ1) is 21.1. The highest BCUT2D eigenvalue weighted by molar-refractivity contribution is 7.89. The number of rotatable bonds is 4. The van der Waals surface area contributed by atoms with E-state index in [1.54, 1.807) is 6.07 Å². The lowest BCUT2D eigenvalue weighted by Gasteiger charge is -2.30. The predicted octanol–water partition coefficient (Wildman–Crippen LogP) is 5.19. The van der Waals surface area contributed by atoms with Gasteiger partial charge in [0.15, 0.2) is 0 Å². The summed E-state index contributed by atoms with van der Waals surface area (Å²) in [5.41, 5.74) is 0.763. The van der Waals surface area contributed by atoms with E-state index < -0.39 is 10.0 Å². The Kier molecular flexibility index (Phi) is 6.02. The third-order valence-electron chi connectivity index (χ3n) is 5.38. The zero-order valence-electron chi connectivity index (χ0n) is 16.0. The molecule has 1 amide bonds. The van der Waals surface area contributed by atoms with Crippen LogP contribution in [0.2, 0.25) is 10.0 Å². The average Bonchev–Trinajstić information content (AvgIpc) is 2.75. The molecule has 0 unspecified atom stereocenters. The van der Waals surface area contributed by atoms with E-state index in [1.165, 1.54) is 16.4 Å². The summed E-state index contributed by atoms with van der Waals surface area (Å²) in [5.74, 6) is -0.352. The van der Waals surface area contributed by atoms with Crippen molar-refractivity contribution in [1.29, 1.82) is 0 Å². The Morgan fingerprint density at radius 3 is 2.43 bits per heavy atom.